The first-order chi connectivity index (χ1) is 18.2. The molecule has 4 nitrogen and oxygen atoms in total. The Bertz CT molecular complexity index is 541. The smallest absolute Gasteiger partial charge is 0.306 e. The van der Waals surface area contributed by atoms with Gasteiger partial charge >= 0.3 is 11.9 Å². The molecule has 0 aliphatic heterocycles. The maximum absolute atomic E-state index is 12.3. The van der Waals surface area contributed by atoms with Crippen LogP contribution in [-0.4, -0.2) is 25.2 Å². The van der Waals surface area contributed by atoms with Gasteiger partial charge in [0.15, 0.2) is 0 Å². The van der Waals surface area contributed by atoms with Crippen molar-refractivity contribution in [3.05, 3.63) is 0 Å². The summed E-state index contributed by atoms with van der Waals surface area (Å²) in [6.45, 7) is 14.7. The topological polar surface area (TPSA) is 52.6 Å². The Morgan fingerprint density at radius 2 is 0.868 bits per heavy atom. The minimum Gasteiger partial charge on any atom is -0.466 e. The molecule has 0 saturated carbocycles. The summed E-state index contributed by atoms with van der Waals surface area (Å²) in [6.07, 6.45) is 22.5. The Balaban J connectivity index is 3.58. The lowest BCUT2D eigenvalue weighted by Crippen LogP contribution is -2.17. The highest BCUT2D eigenvalue weighted by Gasteiger charge is 2.18. The minimum absolute atomic E-state index is 0.00192. The van der Waals surface area contributed by atoms with Crippen LogP contribution in [0, 0.1) is 23.7 Å². The Morgan fingerprint density at radius 1 is 0.474 bits per heavy atom. The molecular formula is C34H66O4. The third-order valence-corrected chi connectivity index (χ3v) is 7.71. The number of carbonyl (C=O) groups is 2. The molecule has 0 spiro atoms. The van der Waals surface area contributed by atoms with Crippen LogP contribution < -0.4 is 0 Å². The second-order valence-corrected chi connectivity index (χ2v) is 12.9. The molecule has 0 heterocycles. The number of carbonyl (C=O) groups excluding carboxylic acids is 2. The minimum atomic E-state index is -0.0149. The second kappa shape index (κ2) is 26.2. The quantitative estimate of drug-likeness (QED) is 0.0771. The van der Waals surface area contributed by atoms with Crippen LogP contribution in [0.1, 0.15) is 170 Å². The van der Waals surface area contributed by atoms with Gasteiger partial charge in [-0.1, -0.05) is 131 Å². The SMILES string of the molecule is CC(C)CCCCCOC(=O)CCCCCCCCCCCC(CC(=O)OCCCCCC(C)C)C(C)C. The monoisotopic (exact) mass is 538 g/mol. The van der Waals surface area contributed by atoms with Crippen molar-refractivity contribution in [2.45, 2.75) is 170 Å². The van der Waals surface area contributed by atoms with E-state index >= 15 is 0 Å². The molecule has 0 N–H and O–H groups in total. The number of rotatable bonds is 27. The summed E-state index contributed by atoms with van der Waals surface area (Å²) in [6, 6.07) is 0. The van der Waals surface area contributed by atoms with Gasteiger partial charge in [0.25, 0.3) is 0 Å². The Morgan fingerprint density at radius 3 is 1.34 bits per heavy atom. The summed E-state index contributed by atoms with van der Waals surface area (Å²) >= 11 is 0. The molecule has 0 aliphatic rings. The molecule has 0 bridgehead atoms. The van der Waals surface area contributed by atoms with E-state index in [1.807, 2.05) is 0 Å². The molecule has 0 aromatic heterocycles. The van der Waals surface area contributed by atoms with E-state index in [1.165, 1.54) is 70.6 Å². The van der Waals surface area contributed by atoms with E-state index < -0.39 is 0 Å². The highest BCUT2D eigenvalue weighted by molar-refractivity contribution is 5.69. The molecule has 0 amide bonds. The van der Waals surface area contributed by atoms with E-state index in [4.69, 9.17) is 9.47 Å². The van der Waals surface area contributed by atoms with Gasteiger partial charge in [-0.3, -0.25) is 9.59 Å². The van der Waals surface area contributed by atoms with Crippen molar-refractivity contribution in [1.29, 1.82) is 0 Å². The van der Waals surface area contributed by atoms with Crippen molar-refractivity contribution in [2.75, 3.05) is 13.2 Å². The summed E-state index contributed by atoms with van der Waals surface area (Å²) in [5, 5.41) is 0. The summed E-state index contributed by atoms with van der Waals surface area (Å²) in [5.74, 6) is 2.48. The predicted octanol–water partition coefficient (Wildman–Crippen LogP) is 10.5. The van der Waals surface area contributed by atoms with Crippen molar-refractivity contribution in [3.8, 4) is 0 Å². The predicted molar refractivity (Wildman–Crippen MR) is 162 cm³/mol. The number of esters is 2. The van der Waals surface area contributed by atoms with Crippen molar-refractivity contribution < 1.29 is 19.1 Å². The summed E-state index contributed by atoms with van der Waals surface area (Å²) in [4.78, 5) is 24.1. The zero-order chi connectivity index (χ0) is 28.4. The maximum atomic E-state index is 12.3. The molecule has 226 valence electrons. The zero-order valence-corrected chi connectivity index (χ0v) is 26.5. The normalized spacial score (nSPS) is 12.4. The summed E-state index contributed by atoms with van der Waals surface area (Å²) < 4.78 is 10.9. The average Bonchev–Trinajstić information content (AvgIpc) is 2.85. The first-order valence-electron chi connectivity index (χ1n) is 16.5. The molecule has 0 saturated heterocycles. The van der Waals surface area contributed by atoms with Crippen LogP contribution in [0.2, 0.25) is 0 Å². The van der Waals surface area contributed by atoms with Crippen LogP contribution in [-0.2, 0) is 19.1 Å². The highest BCUT2D eigenvalue weighted by atomic mass is 16.5. The fourth-order valence-electron chi connectivity index (χ4n) is 4.96. The molecule has 0 aliphatic carbocycles. The molecule has 0 fully saturated rings. The van der Waals surface area contributed by atoms with Crippen LogP contribution in [0.25, 0.3) is 0 Å². The first kappa shape index (κ1) is 36.9. The van der Waals surface area contributed by atoms with Gasteiger partial charge in [0.2, 0.25) is 0 Å². The van der Waals surface area contributed by atoms with Crippen molar-refractivity contribution in [2.24, 2.45) is 23.7 Å². The maximum Gasteiger partial charge on any atom is 0.306 e. The molecule has 0 radical (unpaired) electrons. The van der Waals surface area contributed by atoms with Crippen molar-refractivity contribution in [3.63, 3.8) is 0 Å². The largest absolute Gasteiger partial charge is 0.466 e. The number of ether oxygens (including phenoxy) is 2. The van der Waals surface area contributed by atoms with Crippen LogP contribution in [0.4, 0.5) is 0 Å². The zero-order valence-electron chi connectivity index (χ0n) is 26.5. The third kappa shape index (κ3) is 26.5. The Labute approximate surface area is 237 Å². The molecule has 0 aromatic rings. The standard InChI is InChI=1S/C34H66O4/c1-29(2)22-16-14-20-26-37-33(35)25-19-13-11-9-7-8-10-12-18-24-32(31(5)6)28-34(36)38-27-21-15-17-23-30(3)4/h29-32H,7-28H2,1-6H3. The number of hydrogen-bond acceptors (Lipinski definition) is 4. The van der Waals surface area contributed by atoms with Crippen LogP contribution >= 0.6 is 0 Å². The Kier molecular flexibility index (Phi) is 25.4. The van der Waals surface area contributed by atoms with E-state index in [0.29, 0.717) is 37.9 Å². The molecule has 1 unspecified atom stereocenters. The lowest BCUT2D eigenvalue weighted by atomic mass is 9.87. The van der Waals surface area contributed by atoms with E-state index in [9.17, 15) is 9.59 Å². The average molecular weight is 539 g/mol. The molecule has 4 heteroatoms. The fourth-order valence-corrected chi connectivity index (χ4v) is 4.96. The van der Waals surface area contributed by atoms with Crippen LogP contribution in [0.5, 0.6) is 0 Å². The first-order valence-corrected chi connectivity index (χ1v) is 16.5. The molecule has 1 atom stereocenters. The van der Waals surface area contributed by atoms with E-state index in [2.05, 4.69) is 41.5 Å². The van der Waals surface area contributed by atoms with Crippen molar-refractivity contribution >= 4 is 11.9 Å². The van der Waals surface area contributed by atoms with Gasteiger partial charge < -0.3 is 9.47 Å². The molecule has 0 aromatic carbocycles. The Hall–Kier alpha value is -1.06. The summed E-state index contributed by atoms with van der Waals surface area (Å²) in [5.41, 5.74) is 0. The summed E-state index contributed by atoms with van der Waals surface area (Å²) in [7, 11) is 0. The van der Waals surface area contributed by atoms with Gasteiger partial charge in [-0.2, -0.15) is 0 Å². The molecule has 38 heavy (non-hydrogen) atoms. The van der Waals surface area contributed by atoms with Gasteiger partial charge in [0.05, 0.1) is 13.2 Å². The van der Waals surface area contributed by atoms with E-state index in [-0.39, 0.29) is 11.9 Å². The van der Waals surface area contributed by atoms with Gasteiger partial charge in [-0.15, -0.1) is 0 Å². The fraction of sp³-hybridized carbons (Fsp3) is 0.941. The lowest BCUT2D eigenvalue weighted by Gasteiger charge is -2.20. The van der Waals surface area contributed by atoms with Gasteiger partial charge in [-0.05, 0) is 49.4 Å². The molecular weight excluding hydrogens is 472 g/mol. The van der Waals surface area contributed by atoms with Gasteiger partial charge in [0, 0.05) is 12.8 Å². The second-order valence-electron chi connectivity index (χ2n) is 12.9. The van der Waals surface area contributed by atoms with Gasteiger partial charge in [0.1, 0.15) is 0 Å². The third-order valence-electron chi connectivity index (χ3n) is 7.71. The van der Waals surface area contributed by atoms with Crippen molar-refractivity contribution in [1.82, 2.24) is 0 Å². The molecule has 0 rings (SSSR count). The van der Waals surface area contributed by atoms with Crippen LogP contribution in [0.15, 0.2) is 0 Å². The number of unbranched alkanes of at least 4 members (excludes halogenated alkanes) is 12. The lowest BCUT2D eigenvalue weighted by molar-refractivity contribution is -0.145. The van der Waals surface area contributed by atoms with Crippen LogP contribution in [0.3, 0.4) is 0 Å². The van der Waals surface area contributed by atoms with Gasteiger partial charge in [-0.25, -0.2) is 0 Å². The van der Waals surface area contributed by atoms with E-state index in [1.54, 1.807) is 0 Å². The van der Waals surface area contributed by atoms with E-state index in [0.717, 1.165) is 56.8 Å². The highest BCUT2D eigenvalue weighted by Crippen LogP contribution is 2.24. The number of hydrogen-bond donors (Lipinski definition) is 0.